The molecule has 0 bridgehead atoms. The first-order valence-corrected chi connectivity index (χ1v) is 4.64. The van der Waals surface area contributed by atoms with Gasteiger partial charge in [0.2, 0.25) is 0 Å². The lowest BCUT2D eigenvalue weighted by atomic mass is 10.2. The molecule has 0 aliphatic heterocycles. The van der Waals surface area contributed by atoms with Crippen LogP contribution in [0.5, 0.6) is 0 Å². The topological polar surface area (TPSA) is 0 Å². The molecular weight excluding hydrogens is 320 g/mol. The zero-order valence-corrected chi connectivity index (χ0v) is 9.09. The molecule has 0 atom stereocenters. The number of hydrogen-bond donors (Lipinski definition) is 0. The fourth-order valence-electron chi connectivity index (χ4n) is 0.783. The molecule has 6 heteroatoms. The highest BCUT2D eigenvalue weighted by molar-refractivity contribution is 9.13. The van der Waals surface area contributed by atoms with Crippen molar-refractivity contribution in [3.8, 4) is 0 Å². The van der Waals surface area contributed by atoms with Gasteiger partial charge in [0.15, 0.2) is 11.6 Å². The molecule has 0 spiro atoms. The van der Waals surface area contributed by atoms with Crippen LogP contribution < -0.4 is 0 Å². The van der Waals surface area contributed by atoms with E-state index in [2.05, 4.69) is 31.9 Å². The smallest absolute Gasteiger partial charge is 0.205 e. The molecule has 1 rings (SSSR count). The average Bonchev–Trinajstić information content (AvgIpc) is 2.01. The molecule has 0 aliphatic rings. The Hall–Kier alpha value is -0.100. The normalized spacial score (nSPS) is 11.0. The van der Waals surface area contributed by atoms with Crippen LogP contribution in [-0.2, 0) is 0 Å². The van der Waals surface area contributed by atoms with Gasteiger partial charge in [0.05, 0.1) is 5.56 Å². The van der Waals surface area contributed by atoms with Gasteiger partial charge in [-0.3, -0.25) is 0 Å². The molecule has 0 N–H and O–H groups in total. The summed E-state index contributed by atoms with van der Waals surface area (Å²) >= 11 is 5.54. The SMILES string of the molecule is Fc1cc(Br)c(Br)c(C(F)F)c1F. The predicted molar refractivity (Wildman–Crippen MR) is 46.7 cm³/mol. The van der Waals surface area contributed by atoms with Crippen molar-refractivity contribution in [2.75, 3.05) is 0 Å². The maximum absolute atomic E-state index is 12.8. The summed E-state index contributed by atoms with van der Waals surface area (Å²) in [5.41, 5.74) is -0.966. The third kappa shape index (κ3) is 2.04. The van der Waals surface area contributed by atoms with E-state index < -0.39 is 23.6 Å². The van der Waals surface area contributed by atoms with Crippen molar-refractivity contribution in [2.45, 2.75) is 6.43 Å². The molecule has 0 saturated heterocycles. The molecular formula is C7H2Br2F4. The Morgan fingerprint density at radius 3 is 2.15 bits per heavy atom. The van der Waals surface area contributed by atoms with Crippen molar-refractivity contribution >= 4 is 31.9 Å². The maximum Gasteiger partial charge on any atom is 0.267 e. The van der Waals surface area contributed by atoms with Gasteiger partial charge in [0.25, 0.3) is 6.43 Å². The molecule has 1 aromatic rings. The van der Waals surface area contributed by atoms with Gasteiger partial charge in [0.1, 0.15) is 0 Å². The summed E-state index contributed by atoms with van der Waals surface area (Å²) in [6.45, 7) is 0. The van der Waals surface area contributed by atoms with Gasteiger partial charge in [-0.05, 0) is 37.9 Å². The van der Waals surface area contributed by atoms with Crippen LogP contribution in [0.4, 0.5) is 17.6 Å². The van der Waals surface area contributed by atoms with Crippen LogP contribution in [0.1, 0.15) is 12.0 Å². The van der Waals surface area contributed by atoms with E-state index in [-0.39, 0.29) is 8.95 Å². The van der Waals surface area contributed by atoms with E-state index in [1.54, 1.807) is 0 Å². The predicted octanol–water partition coefficient (Wildman–Crippen LogP) is 4.43. The van der Waals surface area contributed by atoms with Gasteiger partial charge in [-0.25, -0.2) is 17.6 Å². The summed E-state index contributed by atoms with van der Waals surface area (Å²) in [5.74, 6) is -2.82. The van der Waals surface area contributed by atoms with Gasteiger partial charge in [-0.1, -0.05) is 0 Å². The van der Waals surface area contributed by atoms with E-state index in [4.69, 9.17) is 0 Å². The Bertz CT molecular complexity index is 312. The lowest BCUT2D eigenvalue weighted by molar-refractivity contribution is 0.144. The Morgan fingerprint density at radius 1 is 1.15 bits per heavy atom. The standard InChI is InChI=1S/C7H2Br2F4/c8-2-1-3(10)6(11)4(5(2)9)7(12)13/h1,7H. The van der Waals surface area contributed by atoms with E-state index >= 15 is 0 Å². The Morgan fingerprint density at radius 2 is 1.69 bits per heavy atom. The van der Waals surface area contributed by atoms with Crippen molar-refractivity contribution < 1.29 is 17.6 Å². The number of rotatable bonds is 1. The largest absolute Gasteiger partial charge is 0.267 e. The van der Waals surface area contributed by atoms with E-state index in [1.807, 2.05) is 0 Å². The summed E-state index contributed by atoms with van der Waals surface area (Å²) in [4.78, 5) is 0. The van der Waals surface area contributed by atoms with Crippen LogP contribution in [-0.4, -0.2) is 0 Å². The van der Waals surface area contributed by atoms with E-state index in [0.717, 1.165) is 6.07 Å². The summed E-state index contributed by atoms with van der Waals surface area (Å²) in [7, 11) is 0. The molecule has 0 heterocycles. The fourth-order valence-corrected chi connectivity index (χ4v) is 1.66. The van der Waals surface area contributed by atoms with Crippen molar-refractivity contribution in [1.82, 2.24) is 0 Å². The lowest BCUT2D eigenvalue weighted by Gasteiger charge is -2.07. The first-order valence-electron chi connectivity index (χ1n) is 3.06. The second kappa shape index (κ2) is 3.96. The lowest BCUT2D eigenvalue weighted by Crippen LogP contribution is -1.97. The molecule has 0 radical (unpaired) electrons. The fraction of sp³-hybridized carbons (Fsp3) is 0.143. The quantitative estimate of drug-likeness (QED) is 0.530. The second-order valence-electron chi connectivity index (χ2n) is 2.18. The summed E-state index contributed by atoms with van der Waals surface area (Å²) in [5, 5.41) is 0. The van der Waals surface area contributed by atoms with Crippen LogP contribution >= 0.6 is 31.9 Å². The minimum absolute atomic E-state index is 0.0571. The van der Waals surface area contributed by atoms with Crippen molar-refractivity contribution in [2.24, 2.45) is 0 Å². The van der Waals surface area contributed by atoms with Crippen LogP contribution in [0.25, 0.3) is 0 Å². The molecule has 0 nitrogen and oxygen atoms in total. The van der Waals surface area contributed by atoms with E-state index in [9.17, 15) is 17.6 Å². The molecule has 1 aromatic carbocycles. The van der Waals surface area contributed by atoms with Crippen LogP contribution in [0.2, 0.25) is 0 Å². The van der Waals surface area contributed by atoms with E-state index in [1.165, 1.54) is 0 Å². The molecule has 72 valence electrons. The van der Waals surface area contributed by atoms with Gasteiger partial charge < -0.3 is 0 Å². The van der Waals surface area contributed by atoms with Crippen molar-refractivity contribution in [3.63, 3.8) is 0 Å². The Balaban J connectivity index is 3.46. The maximum atomic E-state index is 12.8. The molecule has 0 aliphatic carbocycles. The zero-order valence-electron chi connectivity index (χ0n) is 5.92. The van der Waals surface area contributed by atoms with Gasteiger partial charge in [-0.15, -0.1) is 0 Å². The van der Waals surface area contributed by atoms with Gasteiger partial charge in [0, 0.05) is 8.95 Å². The first kappa shape index (κ1) is 11.0. The molecule has 0 amide bonds. The summed E-state index contributed by atoms with van der Waals surface area (Å²) in [6, 6.07) is 0.783. The molecule has 0 saturated carbocycles. The molecule has 0 aromatic heterocycles. The van der Waals surface area contributed by atoms with Gasteiger partial charge in [-0.2, -0.15) is 0 Å². The number of benzene rings is 1. The highest BCUT2D eigenvalue weighted by Crippen LogP contribution is 2.36. The molecule has 0 unspecified atom stereocenters. The number of alkyl halides is 2. The number of hydrogen-bond acceptors (Lipinski definition) is 0. The zero-order chi connectivity index (χ0) is 10.2. The van der Waals surface area contributed by atoms with Crippen LogP contribution in [0.3, 0.4) is 0 Å². The minimum Gasteiger partial charge on any atom is -0.205 e. The third-order valence-corrected chi connectivity index (χ3v) is 3.38. The molecule has 0 fully saturated rings. The monoisotopic (exact) mass is 320 g/mol. The van der Waals surface area contributed by atoms with Crippen LogP contribution in [0, 0.1) is 11.6 Å². The van der Waals surface area contributed by atoms with E-state index in [0.29, 0.717) is 0 Å². The minimum atomic E-state index is -3.05. The first-order chi connectivity index (χ1) is 5.95. The van der Waals surface area contributed by atoms with Crippen molar-refractivity contribution in [1.29, 1.82) is 0 Å². The molecule has 13 heavy (non-hydrogen) atoms. The Labute approximate surface area is 88.2 Å². The van der Waals surface area contributed by atoms with Crippen LogP contribution in [0.15, 0.2) is 15.0 Å². The summed E-state index contributed by atoms with van der Waals surface area (Å²) in [6.07, 6.45) is -3.05. The highest BCUT2D eigenvalue weighted by Gasteiger charge is 2.22. The highest BCUT2D eigenvalue weighted by atomic mass is 79.9. The number of halogens is 6. The summed E-state index contributed by atoms with van der Waals surface area (Å²) < 4.78 is 49.7. The second-order valence-corrected chi connectivity index (χ2v) is 3.83. The average molecular weight is 322 g/mol. The Kier molecular flexibility index (Phi) is 3.34. The van der Waals surface area contributed by atoms with Crippen molar-refractivity contribution in [3.05, 3.63) is 32.2 Å². The third-order valence-electron chi connectivity index (χ3n) is 1.36. The van der Waals surface area contributed by atoms with Gasteiger partial charge >= 0.3 is 0 Å².